The number of aromatic nitrogens is 2. The van der Waals surface area contributed by atoms with Gasteiger partial charge in [-0.25, -0.2) is 13.4 Å². The second kappa shape index (κ2) is 19.9. The molecule has 2 aliphatic rings. The molecule has 3 rings (SSSR count). The second-order valence-corrected chi connectivity index (χ2v) is 15.6. The summed E-state index contributed by atoms with van der Waals surface area (Å²) in [5.41, 5.74) is 0. The van der Waals surface area contributed by atoms with Gasteiger partial charge in [-0.2, -0.15) is 4.98 Å². The van der Waals surface area contributed by atoms with E-state index in [0.29, 0.717) is 22.8 Å². The third kappa shape index (κ3) is 12.3. The highest BCUT2D eigenvalue weighted by molar-refractivity contribution is 8.24. The Bertz CT molecular complexity index is 1340. The van der Waals surface area contributed by atoms with Gasteiger partial charge in [0.05, 0.1) is 19.7 Å². The zero-order valence-corrected chi connectivity index (χ0v) is 30.2. The van der Waals surface area contributed by atoms with Crippen molar-refractivity contribution in [3.63, 3.8) is 0 Å². The molecular weight excluding hydrogens is 599 g/mol. The Morgan fingerprint density at radius 3 is 2.33 bits per heavy atom. The van der Waals surface area contributed by atoms with E-state index in [0.717, 1.165) is 70.6 Å². The van der Waals surface area contributed by atoms with E-state index in [9.17, 15) is 13.2 Å². The van der Waals surface area contributed by atoms with E-state index in [1.807, 2.05) is 59.0 Å². The minimum atomic E-state index is -3.13. The minimum Gasteiger partial charge on any atom is -0.362 e. The summed E-state index contributed by atoms with van der Waals surface area (Å²) in [6.07, 6.45) is 18.4. The fourth-order valence-electron chi connectivity index (χ4n) is 4.43. The predicted octanol–water partition coefficient (Wildman–Crippen LogP) is 5.82. The van der Waals surface area contributed by atoms with Gasteiger partial charge < -0.3 is 15.5 Å². The molecule has 11 heteroatoms. The summed E-state index contributed by atoms with van der Waals surface area (Å²) in [6.45, 7) is 13.9. The van der Waals surface area contributed by atoms with Crippen molar-refractivity contribution in [3.8, 4) is 0 Å². The highest BCUT2D eigenvalue weighted by Gasteiger charge is 2.23. The molecule has 0 spiro atoms. The summed E-state index contributed by atoms with van der Waals surface area (Å²) < 4.78 is 24.9. The molecule has 0 aliphatic heterocycles. The van der Waals surface area contributed by atoms with Gasteiger partial charge in [-0.15, -0.1) is 11.8 Å². The number of allylic oxidation sites excluding steroid dienone is 5. The summed E-state index contributed by atoms with van der Waals surface area (Å²) in [5, 5.41) is 8.03. The van der Waals surface area contributed by atoms with Crippen LogP contribution >= 0.6 is 23.5 Å². The van der Waals surface area contributed by atoms with Crippen LogP contribution in [0.4, 0.5) is 11.8 Å². The number of carbonyl (C=O) groups is 1. The number of amides is 1. The summed E-state index contributed by atoms with van der Waals surface area (Å²) in [7, 11) is 0.889. The third-order valence-electron chi connectivity index (χ3n) is 7.10. The molecule has 1 saturated carbocycles. The molecule has 1 amide bonds. The van der Waals surface area contributed by atoms with Crippen molar-refractivity contribution in [2.45, 2.75) is 91.9 Å². The number of hydrogen-bond donors (Lipinski definition) is 2. The summed E-state index contributed by atoms with van der Waals surface area (Å²) in [5.74, 6) is 2.24. The maximum absolute atomic E-state index is 12.0. The fourth-order valence-corrected chi connectivity index (χ4v) is 8.01. The van der Waals surface area contributed by atoms with Gasteiger partial charge in [-0.05, 0) is 89.9 Å². The van der Waals surface area contributed by atoms with Crippen LogP contribution in [0.5, 0.6) is 0 Å². The largest absolute Gasteiger partial charge is 0.362 e. The van der Waals surface area contributed by atoms with Gasteiger partial charge in [-0.3, -0.25) is 4.79 Å². The molecule has 43 heavy (non-hydrogen) atoms. The topological polar surface area (TPSA) is 104 Å². The summed E-state index contributed by atoms with van der Waals surface area (Å²) >= 11 is 3.01. The number of rotatable bonds is 11. The van der Waals surface area contributed by atoms with Gasteiger partial charge in [0, 0.05) is 31.9 Å². The van der Waals surface area contributed by atoms with Gasteiger partial charge in [0.1, 0.15) is 5.82 Å². The lowest BCUT2D eigenvalue weighted by atomic mass is 9.86. The molecule has 8 nitrogen and oxygen atoms in total. The molecule has 1 heterocycles. The van der Waals surface area contributed by atoms with Crippen molar-refractivity contribution < 1.29 is 13.2 Å². The number of hydrogen-bond acceptors (Lipinski definition) is 9. The lowest BCUT2D eigenvalue weighted by molar-refractivity contribution is -0.110. The Hall–Kier alpha value is -2.24. The Morgan fingerprint density at radius 1 is 1.14 bits per heavy atom. The van der Waals surface area contributed by atoms with Gasteiger partial charge in [0.2, 0.25) is 12.4 Å². The van der Waals surface area contributed by atoms with Crippen molar-refractivity contribution in [1.82, 2.24) is 15.3 Å². The van der Waals surface area contributed by atoms with Crippen molar-refractivity contribution in [2.75, 3.05) is 37.1 Å². The monoisotopic (exact) mass is 651 g/mol. The average molecular weight is 652 g/mol. The molecule has 0 atom stereocenters. The van der Waals surface area contributed by atoms with Crippen LogP contribution in [-0.2, 0) is 14.6 Å². The number of nitrogens with one attached hydrogen (secondary N) is 2. The molecule has 2 N–H and O–H groups in total. The lowest BCUT2D eigenvalue weighted by Crippen LogP contribution is -2.36. The van der Waals surface area contributed by atoms with Crippen LogP contribution in [0.2, 0.25) is 0 Å². The van der Waals surface area contributed by atoms with Gasteiger partial charge in [-0.1, -0.05) is 49.9 Å². The Kier molecular flexibility index (Phi) is 18.0. The molecule has 2 aliphatic carbocycles. The van der Waals surface area contributed by atoms with E-state index in [4.69, 9.17) is 9.97 Å². The van der Waals surface area contributed by atoms with Crippen molar-refractivity contribution in [2.24, 2.45) is 5.92 Å². The van der Waals surface area contributed by atoms with Crippen LogP contribution in [-0.4, -0.2) is 63.0 Å². The van der Waals surface area contributed by atoms with E-state index in [1.165, 1.54) is 23.5 Å². The molecule has 0 radical (unpaired) electrons. The number of nitrogens with zero attached hydrogens (tertiary/aromatic N) is 3. The van der Waals surface area contributed by atoms with Crippen LogP contribution < -0.4 is 26.1 Å². The first-order valence-corrected chi connectivity index (χ1v) is 18.7. The van der Waals surface area contributed by atoms with Crippen LogP contribution in [0.15, 0.2) is 32.3 Å². The molecule has 1 aromatic heterocycles. The van der Waals surface area contributed by atoms with E-state index >= 15 is 0 Å². The lowest BCUT2D eigenvalue weighted by Gasteiger charge is -2.28. The first kappa shape index (κ1) is 38.8. The molecule has 0 bridgehead atoms. The predicted molar refractivity (Wildman–Crippen MR) is 190 cm³/mol. The maximum atomic E-state index is 12.0. The minimum absolute atomic E-state index is 0.343. The molecule has 0 saturated heterocycles. The zero-order valence-electron chi connectivity index (χ0n) is 27.7. The standard InChI is InChI=1S/C19H27N5O.C11H20O2S3.C2H6/c1-24(2)18-16-6-4-3-5-7-17(16)22-19(23-18)20-12-14-8-10-15(11-9-14)21-13-25;1-7-9(4)15-11(14-6)10(5)16(12,13)8(2)3;1-2/h3-4,6-7,13-15H,5,8-12H2,1-2H3,(H,20,22)(H,21,25);7-8H,1-6H3;1-2H3/b;9-7+,11-10+;. The van der Waals surface area contributed by atoms with E-state index in [-0.39, 0.29) is 5.25 Å². The number of anilines is 2. The molecule has 0 unspecified atom stereocenters. The zero-order chi connectivity index (χ0) is 32.6. The van der Waals surface area contributed by atoms with Crippen molar-refractivity contribution >= 4 is 63.7 Å². The maximum Gasteiger partial charge on any atom is 0.225 e. The second-order valence-electron chi connectivity index (χ2n) is 10.6. The molecule has 242 valence electrons. The Balaban J connectivity index is 0.000000447. The van der Waals surface area contributed by atoms with Gasteiger partial charge in [0.25, 0.3) is 0 Å². The first-order valence-electron chi connectivity index (χ1n) is 15.1. The van der Waals surface area contributed by atoms with Crippen molar-refractivity contribution in [3.05, 3.63) is 42.8 Å². The highest BCUT2D eigenvalue weighted by atomic mass is 32.2. The smallest absolute Gasteiger partial charge is 0.225 e. The SMILES string of the molecule is C/C=C(\C)S/C(SC)=C(\C)S(=O)(=O)C(C)C.CC.CN(C)c1nc(NCC2CCC(NC=O)CC2)nc2c1=CC=CCC=2. The number of carbonyl (C=O) groups excluding carboxylic acids is 1. The van der Waals surface area contributed by atoms with Crippen LogP contribution in [0.25, 0.3) is 12.2 Å². The Morgan fingerprint density at radius 2 is 1.79 bits per heavy atom. The third-order valence-corrected chi connectivity index (χ3v) is 12.1. The van der Waals surface area contributed by atoms with Crippen molar-refractivity contribution in [1.29, 1.82) is 0 Å². The van der Waals surface area contributed by atoms with Gasteiger partial charge in [0.15, 0.2) is 9.84 Å². The Labute approximate surface area is 269 Å². The van der Waals surface area contributed by atoms with E-state index in [2.05, 4.69) is 34.9 Å². The molecular formula is C32H53N5O3S3. The average Bonchev–Trinajstić information content (AvgIpc) is 3.25. The molecule has 0 aromatic carbocycles. The normalized spacial score (nSPS) is 18.6. The number of sulfone groups is 1. The summed E-state index contributed by atoms with van der Waals surface area (Å²) in [4.78, 5) is 23.6. The molecule has 1 fully saturated rings. The fraction of sp³-hybridized carbons (Fsp3) is 0.594. The van der Waals surface area contributed by atoms with E-state index in [1.54, 1.807) is 20.8 Å². The number of fused-ring (bicyclic) bond motifs is 1. The van der Waals surface area contributed by atoms with Crippen LogP contribution in [0.3, 0.4) is 0 Å². The van der Waals surface area contributed by atoms with E-state index < -0.39 is 9.84 Å². The van der Waals surface area contributed by atoms with Gasteiger partial charge >= 0.3 is 0 Å². The summed E-state index contributed by atoms with van der Waals surface area (Å²) in [6, 6.07) is 0.343. The number of thioether (sulfide) groups is 2. The highest BCUT2D eigenvalue weighted by Crippen LogP contribution is 2.37. The first-order chi connectivity index (χ1) is 20.4. The quantitative estimate of drug-likeness (QED) is 0.286. The van der Waals surface area contributed by atoms with Crippen LogP contribution in [0, 0.1) is 5.92 Å². The van der Waals surface area contributed by atoms with Crippen LogP contribution in [0.1, 0.15) is 80.6 Å². The molecule has 1 aromatic rings.